The fourth-order valence-corrected chi connectivity index (χ4v) is 4.12. The van der Waals surface area contributed by atoms with Crippen LogP contribution < -0.4 is 5.32 Å². The molecule has 0 spiro atoms. The van der Waals surface area contributed by atoms with Gasteiger partial charge in [0.1, 0.15) is 11.4 Å². The summed E-state index contributed by atoms with van der Waals surface area (Å²) >= 11 is 5.21. The van der Waals surface area contributed by atoms with Gasteiger partial charge in [0, 0.05) is 15.4 Å². The number of carbonyl (C=O) groups excluding carboxylic acids is 1. The predicted octanol–water partition coefficient (Wildman–Crippen LogP) is 5.60. The number of rotatable bonds is 6. The summed E-state index contributed by atoms with van der Waals surface area (Å²) in [4.78, 5) is 21.0. The minimum atomic E-state index is -0.226. The minimum absolute atomic E-state index is 0.216. The van der Waals surface area contributed by atoms with E-state index in [1.165, 1.54) is 0 Å². The Kier molecular flexibility index (Phi) is 5.46. The van der Waals surface area contributed by atoms with Crippen LogP contribution in [0.5, 0.6) is 0 Å². The number of hydrogen-bond donors (Lipinski definition) is 2. The quantitative estimate of drug-likeness (QED) is 0.394. The van der Waals surface area contributed by atoms with Gasteiger partial charge in [0.05, 0.1) is 17.1 Å². The Hall–Kier alpha value is -2.25. The first kappa shape index (κ1) is 19.1. The number of furan rings is 1. The van der Waals surface area contributed by atoms with Gasteiger partial charge in [-0.05, 0) is 55.7 Å². The molecule has 4 aromatic rings. The second kappa shape index (κ2) is 8.01. The van der Waals surface area contributed by atoms with Gasteiger partial charge in [-0.2, -0.15) is 11.8 Å². The number of aromatic amines is 1. The summed E-state index contributed by atoms with van der Waals surface area (Å²) in [5.74, 6) is 1.79. The van der Waals surface area contributed by atoms with Gasteiger partial charge in [0.2, 0.25) is 0 Å². The van der Waals surface area contributed by atoms with Crippen molar-refractivity contribution in [3.63, 3.8) is 0 Å². The van der Waals surface area contributed by atoms with Crippen LogP contribution in [0.15, 0.2) is 51.4 Å². The van der Waals surface area contributed by atoms with Crippen LogP contribution in [0, 0.1) is 6.92 Å². The zero-order chi connectivity index (χ0) is 19.7. The molecule has 4 rings (SSSR count). The lowest BCUT2D eigenvalue weighted by Crippen LogP contribution is -2.30. The molecule has 0 fully saturated rings. The number of nitrogens with zero attached hydrogens (tertiary/aromatic N) is 1. The van der Waals surface area contributed by atoms with Crippen molar-refractivity contribution in [2.24, 2.45) is 0 Å². The Balaban J connectivity index is 1.64. The molecular formula is C21H20BrN3O2S. The number of imidazole rings is 1. The lowest BCUT2D eigenvalue weighted by Gasteiger charge is -2.15. The molecule has 28 heavy (non-hydrogen) atoms. The minimum Gasteiger partial charge on any atom is -0.451 e. The van der Waals surface area contributed by atoms with Crippen molar-refractivity contribution >= 4 is 55.6 Å². The highest BCUT2D eigenvalue weighted by atomic mass is 79.9. The van der Waals surface area contributed by atoms with E-state index >= 15 is 0 Å². The number of amides is 1. The van der Waals surface area contributed by atoms with Crippen LogP contribution >= 0.6 is 27.7 Å². The lowest BCUT2D eigenvalue weighted by molar-refractivity contribution is 0.0907. The van der Waals surface area contributed by atoms with E-state index in [0.29, 0.717) is 11.3 Å². The normalized spacial score (nSPS) is 12.5. The van der Waals surface area contributed by atoms with Crippen LogP contribution in [0.1, 0.15) is 34.4 Å². The van der Waals surface area contributed by atoms with E-state index < -0.39 is 0 Å². The van der Waals surface area contributed by atoms with E-state index in [1.807, 2.05) is 49.4 Å². The van der Waals surface area contributed by atoms with Crippen molar-refractivity contribution in [1.29, 1.82) is 0 Å². The number of aromatic nitrogens is 2. The number of fused-ring (bicyclic) bond motifs is 2. The molecule has 0 saturated carbocycles. The molecule has 144 valence electrons. The van der Waals surface area contributed by atoms with Crippen LogP contribution in [0.3, 0.4) is 0 Å². The van der Waals surface area contributed by atoms with Crippen LogP contribution in [-0.4, -0.2) is 27.9 Å². The molecule has 5 nitrogen and oxygen atoms in total. The summed E-state index contributed by atoms with van der Waals surface area (Å²) in [6, 6.07) is 13.4. The van der Waals surface area contributed by atoms with Gasteiger partial charge in [-0.15, -0.1) is 0 Å². The molecule has 7 heteroatoms. The Morgan fingerprint density at radius 2 is 2.14 bits per heavy atom. The standard InChI is InChI=1S/C21H20BrN3O2S/c1-12-14-11-13(22)7-8-18(14)27-19(12)21(26)25-17(9-10-28-2)20-23-15-5-3-4-6-16(15)24-20/h3-8,11,17H,9-10H2,1-2H3,(H,23,24)(H,25,26)/t17-/m0/s1. The summed E-state index contributed by atoms with van der Waals surface area (Å²) < 4.78 is 6.80. The first-order chi connectivity index (χ1) is 13.6. The summed E-state index contributed by atoms with van der Waals surface area (Å²) in [5, 5.41) is 4.04. The molecule has 0 radical (unpaired) electrons. The number of carbonyl (C=O) groups is 1. The maximum atomic E-state index is 13.0. The van der Waals surface area contributed by atoms with Crippen molar-refractivity contribution in [2.75, 3.05) is 12.0 Å². The summed E-state index contributed by atoms with van der Waals surface area (Å²) in [5.41, 5.74) is 3.40. The van der Waals surface area contributed by atoms with Gasteiger partial charge in [0.15, 0.2) is 5.76 Å². The number of thioether (sulfide) groups is 1. The number of para-hydroxylation sites is 2. The first-order valence-electron chi connectivity index (χ1n) is 9.00. The molecular weight excluding hydrogens is 438 g/mol. The molecule has 2 aromatic heterocycles. The highest BCUT2D eigenvalue weighted by Gasteiger charge is 2.23. The predicted molar refractivity (Wildman–Crippen MR) is 118 cm³/mol. The molecule has 2 aromatic carbocycles. The fraction of sp³-hybridized carbons (Fsp3) is 0.238. The molecule has 0 aliphatic heterocycles. The van der Waals surface area contributed by atoms with Crippen LogP contribution in [-0.2, 0) is 0 Å². The maximum absolute atomic E-state index is 13.0. The number of halogens is 1. The van der Waals surface area contributed by atoms with Crippen LogP contribution in [0.2, 0.25) is 0 Å². The third kappa shape index (κ3) is 3.69. The Bertz CT molecular complexity index is 1120. The topological polar surface area (TPSA) is 70.9 Å². The van der Waals surface area contributed by atoms with Gasteiger partial charge >= 0.3 is 0 Å². The average molecular weight is 458 g/mol. The average Bonchev–Trinajstić information content (AvgIpc) is 3.26. The van der Waals surface area contributed by atoms with Crippen molar-refractivity contribution in [2.45, 2.75) is 19.4 Å². The lowest BCUT2D eigenvalue weighted by atomic mass is 10.1. The Morgan fingerprint density at radius 3 is 2.93 bits per heavy atom. The Morgan fingerprint density at radius 1 is 1.32 bits per heavy atom. The zero-order valence-corrected chi connectivity index (χ0v) is 18.0. The highest BCUT2D eigenvalue weighted by Crippen LogP contribution is 2.29. The Labute approximate surface area is 175 Å². The molecule has 1 atom stereocenters. The van der Waals surface area contributed by atoms with E-state index in [9.17, 15) is 4.79 Å². The van der Waals surface area contributed by atoms with Gasteiger partial charge in [-0.25, -0.2) is 4.98 Å². The molecule has 0 unspecified atom stereocenters. The molecule has 1 amide bonds. The van der Waals surface area contributed by atoms with Crippen LogP contribution in [0.4, 0.5) is 0 Å². The summed E-state index contributed by atoms with van der Waals surface area (Å²) in [7, 11) is 0. The fourth-order valence-electron chi connectivity index (χ4n) is 3.28. The molecule has 2 N–H and O–H groups in total. The molecule has 0 aliphatic rings. The van der Waals surface area contributed by atoms with Gasteiger partial charge in [0.25, 0.3) is 5.91 Å². The second-order valence-corrected chi connectivity index (χ2v) is 8.54. The number of hydrogen-bond acceptors (Lipinski definition) is 4. The number of H-pyrrole nitrogens is 1. The first-order valence-corrected chi connectivity index (χ1v) is 11.2. The van der Waals surface area contributed by atoms with Crippen molar-refractivity contribution in [3.8, 4) is 0 Å². The molecule has 0 bridgehead atoms. The largest absolute Gasteiger partial charge is 0.451 e. The van der Waals surface area contributed by atoms with E-state index in [1.54, 1.807) is 11.8 Å². The molecule has 2 heterocycles. The van der Waals surface area contributed by atoms with Crippen LogP contribution in [0.25, 0.3) is 22.0 Å². The highest BCUT2D eigenvalue weighted by molar-refractivity contribution is 9.10. The maximum Gasteiger partial charge on any atom is 0.287 e. The zero-order valence-electron chi connectivity index (χ0n) is 15.6. The van der Waals surface area contributed by atoms with Crippen molar-refractivity contribution in [1.82, 2.24) is 15.3 Å². The molecule has 0 aliphatic carbocycles. The van der Waals surface area contributed by atoms with Crippen molar-refractivity contribution < 1.29 is 9.21 Å². The van der Waals surface area contributed by atoms with Crippen molar-refractivity contribution in [3.05, 3.63) is 64.1 Å². The SMILES string of the molecule is CSCC[C@H](NC(=O)c1oc2ccc(Br)cc2c1C)c1nc2ccccc2[nH]1. The van der Waals surface area contributed by atoms with E-state index in [-0.39, 0.29) is 11.9 Å². The van der Waals surface area contributed by atoms with E-state index in [0.717, 1.165) is 44.5 Å². The second-order valence-electron chi connectivity index (χ2n) is 6.64. The van der Waals surface area contributed by atoms with E-state index in [4.69, 9.17) is 4.42 Å². The smallest absolute Gasteiger partial charge is 0.287 e. The third-order valence-electron chi connectivity index (χ3n) is 4.76. The third-order valence-corrected chi connectivity index (χ3v) is 5.90. The van der Waals surface area contributed by atoms with Gasteiger partial charge < -0.3 is 14.7 Å². The summed E-state index contributed by atoms with van der Waals surface area (Å²) in [6.07, 6.45) is 2.83. The van der Waals surface area contributed by atoms with E-state index in [2.05, 4.69) is 37.5 Å². The van der Waals surface area contributed by atoms with Gasteiger partial charge in [-0.1, -0.05) is 28.1 Å². The monoisotopic (exact) mass is 457 g/mol. The van der Waals surface area contributed by atoms with Gasteiger partial charge in [-0.3, -0.25) is 4.79 Å². The number of nitrogens with one attached hydrogen (secondary N) is 2. The molecule has 0 saturated heterocycles. The number of benzene rings is 2. The summed E-state index contributed by atoms with van der Waals surface area (Å²) in [6.45, 7) is 1.91. The number of aryl methyl sites for hydroxylation is 1.